The quantitative estimate of drug-likeness (QED) is 0.580. The Morgan fingerprint density at radius 1 is 1.00 bits per heavy atom. The molecule has 0 fully saturated rings. The second kappa shape index (κ2) is 7.55. The van der Waals surface area contributed by atoms with E-state index in [2.05, 4.69) is 10.4 Å². The van der Waals surface area contributed by atoms with Crippen LogP contribution in [0.4, 0.5) is 0 Å². The lowest BCUT2D eigenvalue weighted by Crippen LogP contribution is -2.31. The average molecular weight is 375 g/mol. The number of amides is 1. The van der Waals surface area contributed by atoms with Gasteiger partial charge in [-0.25, -0.2) is 4.68 Å². The van der Waals surface area contributed by atoms with E-state index >= 15 is 0 Å². The zero-order valence-electron chi connectivity index (χ0n) is 14.5. The van der Waals surface area contributed by atoms with Gasteiger partial charge in [-0.05, 0) is 40.4 Å². The van der Waals surface area contributed by atoms with Crippen LogP contribution >= 0.6 is 11.3 Å². The van der Waals surface area contributed by atoms with Crippen LogP contribution in [-0.2, 0) is 6.54 Å². The zero-order valence-corrected chi connectivity index (χ0v) is 15.3. The predicted molar refractivity (Wildman–Crippen MR) is 108 cm³/mol. The van der Waals surface area contributed by atoms with Gasteiger partial charge >= 0.3 is 0 Å². The van der Waals surface area contributed by atoms with Gasteiger partial charge < -0.3 is 5.32 Å². The highest BCUT2D eigenvalue weighted by molar-refractivity contribution is 7.13. The van der Waals surface area contributed by atoms with Crippen LogP contribution in [0.3, 0.4) is 0 Å². The highest BCUT2D eigenvalue weighted by atomic mass is 32.1. The smallest absolute Gasteiger partial charge is 0.266 e. The summed E-state index contributed by atoms with van der Waals surface area (Å²) in [5.74, 6) is -0.164. The molecule has 4 rings (SSSR count). The van der Waals surface area contributed by atoms with E-state index in [0.717, 1.165) is 21.3 Å². The van der Waals surface area contributed by atoms with Crippen LogP contribution in [-0.4, -0.2) is 22.2 Å². The second-order valence-electron chi connectivity index (χ2n) is 6.08. The number of benzene rings is 2. The SMILES string of the molecule is O=C(NCCn1nc(-c2cccs2)ccc1=O)c1ccc2ccccc2c1. The maximum atomic E-state index is 12.4. The molecule has 0 spiro atoms. The van der Waals surface area contributed by atoms with Gasteiger partial charge in [0.2, 0.25) is 0 Å². The minimum Gasteiger partial charge on any atom is -0.350 e. The molecule has 27 heavy (non-hydrogen) atoms. The van der Waals surface area contributed by atoms with E-state index in [1.807, 2.05) is 53.9 Å². The highest BCUT2D eigenvalue weighted by Crippen LogP contribution is 2.21. The van der Waals surface area contributed by atoms with Crippen molar-refractivity contribution in [2.45, 2.75) is 6.54 Å². The van der Waals surface area contributed by atoms with Crippen molar-refractivity contribution in [2.75, 3.05) is 6.54 Å². The van der Waals surface area contributed by atoms with E-state index in [1.165, 1.54) is 10.7 Å². The van der Waals surface area contributed by atoms with E-state index in [-0.39, 0.29) is 11.5 Å². The molecule has 2 aromatic heterocycles. The lowest BCUT2D eigenvalue weighted by atomic mass is 10.1. The number of fused-ring (bicyclic) bond motifs is 1. The summed E-state index contributed by atoms with van der Waals surface area (Å²) in [5.41, 5.74) is 1.17. The van der Waals surface area contributed by atoms with Crippen molar-refractivity contribution in [3.63, 3.8) is 0 Å². The lowest BCUT2D eigenvalue weighted by molar-refractivity contribution is 0.0952. The summed E-state index contributed by atoms with van der Waals surface area (Å²) in [5, 5.41) is 11.3. The Morgan fingerprint density at radius 2 is 1.85 bits per heavy atom. The van der Waals surface area contributed by atoms with E-state index in [4.69, 9.17) is 0 Å². The summed E-state index contributed by atoms with van der Waals surface area (Å²) in [6.07, 6.45) is 0. The molecule has 0 radical (unpaired) electrons. The molecule has 2 heterocycles. The normalized spacial score (nSPS) is 10.8. The molecular weight excluding hydrogens is 358 g/mol. The van der Waals surface area contributed by atoms with Crippen LogP contribution < -0.4 is 10.9 Å². The summed E-state index contributed by atoms with van der Waals surface area (Å²) in [6.45, 7) is 0.643. The van der Waals surface area contributed by atoms with Crippen molar-refractivity contribution >= 4 is 28.0 Å². The first-order valence-electron chi connectivity index (χ1n) is 8.60. The van der Waals surface area contributed by atoms with E-state index in [9.17, 15) is 9.59 Å². The fourth-order valence-electron chi connectivity index (χ4n) is 2.87. The molecule has 1 N–H and O–H groups in total. The molecular formula is C21H17N3O2S. The Balaban J connectivity index is 1.44. The van der Waals surface area contributed by atoms with Crippen LogP contribution in [0.15, 0.2) is 76.9 Å². The van der Waals surface area contributed by atoms with Crippen molar-refractivity contribution in [1.82, 2.24) is 15.1 Å². The molecule has 0 saturated carbocycles. The molecule has 0 aliphatic heterocycles. The minimum absolute atomic E-state index is 0.164. The third-order valence-electron chi connectivity index (χ3n) is 4.26. The fraction of sp³-hybridized carbons (Fsp3) is 0.0952. The number of aromatic nitrogens is 2. The summed E-state index contributed by atoms with van der Waals surface area (Å²) < 4.78 is 1.38. The van der Waals surface area contributed by atoms with Crippen LogP contribution in [0.2, 0.25) is 0 Å². The van der Waals surface area contributed by atoms with Gasteiger partial charge in [-0.2, -0.15) is 5.10 Å². The molecule has 0 atom stereocenters. The molecule has 0 unspecified atom stereocenters. The largest absolute Gasteiger partial charge is 0.350 e. The summed E-state index contributed by atoms with van der Waals surface area (Å²) in [4.78, 5) is 25.4. The van der Waals surface area contributed by atoms with Crippen molar-refractivity contribution in [1.29, 1.82) is 0 Å². The van der Waals surface area contributed by atoms with E-state index in [1.54, 1.807) is 23.5 Å². The first-order valence-corrected chi connectivity index (χ1v) is 9.48. The van der Waals surface area contributed by atoms with Crippen LogP contribution in [0, 0.1) is 0 Å². The monoisotopic (exact) mass is 375 g/mol. The Labute approximate surface area is 159 Å². The van der Waals surface area contributed by atoms with Gasteiger partial charge in [-0.1, -0.05) is 36.4 Å². The van der Waals surface area contributed by atoms with Gasteiger partial charge in [0.05, 0.1) is 11.4 Å². The van der Waals surface area contributed by atoms with Crippen molar-refractivity contribution in [3.05, 3.63) is 88.0 Å². The first-order chi connectivity index (χ1) is 13.2. The summed E-state index contributed by atoms with van der Waals surface area (Å²) in [6, 6.07) is 20.6. The maximum absolute atomic E-state index is 12.4. The standard InChI is InChI=1S/C21H17N3O2S/c25-20-10-9-18(19-6-3-13-27-19)23-24(20)12-11-22-21(26)17-8-7-15-4-1-2-5-16(15)14-17/h1-10,13-14H,11-12H2,(H,22,26). The maximum Gasteiger partial charge on any atom is 0.266 e. The number of carbonyl (C=O) groups excluding carboxylic acids is 1. The molecule has 4 aromatic rings. The highest BCUT2D eigenvalue weighted by Gasteiger charge is 2.08. The minimum atomic E-state index is -0.185. The Hall–Kier alpha value is -3.25. The predicted octanol–water partition coefficient (Wildman–Crippen LogP) is 3.56. The van der Waals surface area contributed by atoms with Gasteiger partial charge in [0, 0.05) is 18.2 Å². The van der Waals surface area contributed by atoms with Gasteiger partial charge in [0.25, 0.3) is 11.5 Å². The molecule has 6 heteroatoms. The molecule has 0 saturated heterocycles. The van der Waals surface area contributed by atoms with Gasteiger partial charge in [-0.3, -0.25) is 9.59 Å². The third kappa shape index (κ3) is 3.80. The average Bonchev–Trinajstić information content (AvgIpc) is 3.24. The van der Waals surface area contributed by atoms with Crippen molar-refractivity contribution in [3.8, 4) is 10.6 Å². The molecule has 5 nitrogen and oxygen atoms in total. The number of carbonyl (C=O) groups is 1. The molecule has 0 aliphatic carbocycles. The van der Waals surface area contributed by atoms with Crippen LogP contribution in [0.1, 0.15) is 10.4 Å². The Bertz CT molecular complexity index is 1150. The Kier molecular flexibility index (Phi) is 4.80. The topological polar surface area (TPSA) is 64.0 Å². The molecule has 2 aromatic carbocycles. The lowest BCUT2D eigenvalue weighted by Gasteiger charge is -2.08. The van der Waals surface area contributed by atoms with Crippen LogP contribution in [0.5, 0.6) is 0 Å². The third-order valence-corrected chi connectivity index (χ3v) is 5.15. The second-order valence-corrected chi connectivity index (χ2v) is 7.02. The van der Waals surface area contributed by atoms with Crippen molar-refractivity contribution < 1.29 is 4.79 Å². The Morgan fingerprint density at radius 3 is 2.67 bits per heavy atom. The summed E-state index contributed by atoms with van der Waals surface area (Å²) >= 11 is 1.57. The number of rotatable bonds is 5. The number of hydrogen-bond donors (Lipinski definition) is 1. The van der Waals surface area contributed by atoms with Crippen molar-refractivity contribution in [2.24, 2.45) is 0 Å². The van der Waals surface area contributed by atoms with Gasteiger partial charge in [0.1, 0.15) is 5.69 Å². The van der Waals surface area contributed by atoms with Crippen LogP contribution in [0.25, 0.3) is 21.3 Å². The molecule has 134 valence electrons. The van der Waals surface area contributed by atoms with E-state index < -0.39 is 0 Å². The van der Waals surface area contributed by atoms with E-state index in [0.29, 0.717) is 18.7 Å². The molecule has 0 aliphatic rings. The fourth-order valence-corrected chi connectivity index (χ4v) is 3.56. The number of hydrogen-bond acceptors (Lipinski definition) is 4. The zero-order chi connectivity index (χ0) is 18.6. The number of nitrogens with zero attached hydrogens (tertiary/aromatic N) is 2. The van der Waals surface area contributed by atoms with Gasteiger partial charge in [-0.15, -0.1) is 11.3 Å². The summed E-state index contributed by atoms with van der Waals surface area (Å²) in [7, 11) is 0. The molecule has 1 amide bonds. The molecule has 0 bridgehead atoms. The van der Waals surface area contributed by atoms with Gasteiger partial charge in [0.15, 0.2) is 0 Å². The number of nitrogens with one attached hydrogen (secondary N) is 1. The number of thiophene rings is 1. The first kappa shape index (κ1) is 17.2.